The minimum Gasteiger partial charge on any atom is -0.494 e. The van der Waals surface area contributed by atoms with Crippen molar-refractivity contribution in [2.45, 2.75) is 65.3 Å². The van der Waals surface area contributed by atoms with Crippen LogP contribution in [0.2, 0.25) is 0 Å². The van der Waals surface area contributed by atoms with Crippen molar-refractivity contribution in [2.24, 2.45) is 0 Å². The zero-order valence-corrected chi connectivity index (χ0v) is 20.7. The minimum absolute atomic E-state index is 0.0402. The molecule has 33 heavy (non-hydrogen) atoms. The fraction of sp³-hybridized carbons (Fsp3) is 0.367. The number of rotatable bonds is 9. The molecule has 0 aliphatic rings. The smallest absolute Gasteiger partial charge is 0.251 e. The first-order valence-corrected chi connectivity index (χ1v) is 11.9. The Morgan fingerprint density at radius 1 is 0.909 bits per heavy atom. The maximum absolute atomic E-state index is 12.5. The highest BCUT2D eigenvalue weighted by Gasteiger charge is 2.13. The highest BCUT2D eigenvalue weighted by Crippen LogP contribution is 2.24. The molecule has 0 saturated carbocycles. The van der Waals surface area contributed by atoms with Crippen molar-refractivity contribution in [3.05, 3.63) is 101 Å². The van der Waals surface area contributed by atoms with E-state index in [1.54, 1.807) is 0 Å². The van der Waals surface area contributed by atoms with Gasteiger partial charge in [0.2, 0.25) is 0 Å². The van der Waals surface area contributed by atoms with Crippen LogP contribution in [0.15, 0.2) is 72.8 Å². The second kappa shape index (κ2) is 11.2. The second-order valence-electron chi connectivity index (χ2n) is 10.0. The van der Waals surface area contributed by atoms with E-state index in [-0.39, 0.29) is 11.3 Å². The lowest BCUT2D eigenvalue weighted by molar-refractivity contribution is 0.0951. The number of nitrogens with one attached hydrogen (secondary N) is 1. The summed E-state index contributed by atoms with van der Waals surface area (Å²) < 4.78 is 5.92. The molecular formula is C30H37NO2. The summed E-state index contributed by atoms with van der Waals surface area (Å²) in [7, 11) is 0. The Balaban J connectivity index is 1.44. The Kier molecular flexibility index (Phi) is 8.32. The highest BCUT2D eigenvalue weighted by atomic mass is 16.5. The van der Waals surface area contributed by atoms with Crippen molar-refractivity contribution in [2.75, 3.05) is 6.61 Å². The number of carbonyl (C=O) groups is 1. The standard InChI is InChI=1S/C30H37NO2/c1-22(2)25-11-13-26(14-12-25)29(32)31-21-24-9-6-8-23(20-24)10-7-19-33-28-17-15-27(16-18-28)30(3,4)5/h6,8-9,11-18,20,22H,7,10,19,21H2,1-5H3,(H,31,32). The van der Waals surface area contributed by atoms with Crippen LogP contribution in [0.4, 0.5) is 0 Å². The van der Waals surface area contributed by atoms with Crippen LogP contribution in [0.1, 0.15) is 79.6 Å². The molecule has 0 unspecified atom stereocenters. The third-order valence-corrected chi connectivity index (χ3v) is 5.88. The van der Waals surface area contributed by atoms with Crippen molar-refractivity contribution >= 4 is 5.91 Å². The van der Waals surface area contributed by atoms with Gasteiger partial charge in [0.25, 0.3) is 5.91 Å². The molecule has 1 N–H and O–H groups in total. The average molecular weight is 444 g/mol. The Morgan fingerprint density at radius 3 is 2.21 bits per heavy atom. The lowest BCUT2D eigenvalue weighted by Crippen LogP contribution is -2.22. The molecule has 0 fully saturated rings. The summed E-state index contributed by atoms with van der Waals surface area (Å²) in [5.74, 6) is 1.34. The Hall–Kier alpha value is -3.07. The van der Waals surface area contributed by atoms with Crippen LogP contribution in [-0.2, 0) is 18.4 Å². The molecule has 3 aromatic carbocycles. The summed E-state index contributed by atoms with van der Waals surface area (Å²) in [5, 5.41) is 3.03. The molecule has 0 aliphatic carbocycles. The van der Waals surface area contributed by atoms with E-state index >= 15 is 0 Å². The molecule has 0 radical (unpaired) electrons. The fourth-order valence-corrected chi connectivity index (χ4v) is 3.72. The molecule has 174 valence electrons. The molecular weight excluding hydrogens is 406 g/mol. The Bertz CT molecular complexity index is 1030. The number of aryl methyl sites for hydroxylation is 1. The van der Waals surface area contributed by atoms with Crippen molar-refractivity contribution < 1.29 is 9.53 Å². The summed E-state index contributed by atoms with van der Waals surface area (Å²) in [5.41, 5.74) is 5.77. The number of benzene rings is 3. The van der Waals surface area contributed by atoms with Crippen LogP contribution < -0.4 is 10.1 Å². The quantitative estimate of drug-likeness (QED) is 0.360. The third-order valence-electron chi connectivity index (χ3n) is 5.88. The van der Waals surface area contributed by atoms with Gasteiger partial charge in [-0.2, -0.15) is 0 Å². The monoisotopic (exact) mass is 443 g/mol. The van der Waals surface area contributed by atoms with Gasteiger partial charge in [-0.15, -0.1) is 0 Å². The van der Waals surface area contributed by atoms with E-state index < -0.39 is 0 Å². The van der Waals surface area contributed by atoms with E-state index in [0.29, 0.717) is 24.6 Å². The van der Waals surface area contributed by atoms with Crippen molar-refractivity contribution in [3.8, 4) is 5.75 Å². The second-order valence-corrected chi connectivity index (χ2v) is 10.0. The fourth-order valence-electron chi connectivity index (χ4n) is 3.72. The lowest BCUT2D eigenvalue weighted by atomic mass is 9.87. The van der Waals surface area contributed by atoms with E-state index in [4.69, 9.17) is 4.74 Å². The minimum atomic E-state index is -0.0402. The first kappa shape index (κ1) is 24.6. The van der Waals surface area contributed by atoms with E-state index in [1.807, 2.05) is 24.3 Å². The van der Waals surface area contributed by atoms with E-state index in [2.05, 4.69) is 88.5 Å². The van der Waals surface area contributed by atoms with E-state index in [9.17, 15) is 4.79 Å². The number of hydrogen-bond acceptors (Lipinski definition) is 2. The molecule has 3 rings (SSSR count). The van der Waals surface area contributed by atoms with Crippen molar-refractivity contribution in [3.63, 3.8) is 0 Å². The maximum atomic E-state index is 12.5. The number of amides is 1. The van der Waals surface area contributed by atoms with Gasteiger partial charge in [-0.3, -0.25) is 4.79 Å². The summed E-state index contributed by atoms with van der Waals surface area (Å²) in [6.07, 6.45) is 1.89. The topological polar surface area (TPSA) is 38.3 Å². The molecule has 0 spiro atoms. The summed E-state index contributed by atoms with van der Waals surface area (Å²) in [6, 6.07) is 24.7. The van der Waals surface area contributed by atoms with E-state index in [1.165, 1.54) is 16.7 Å². The average Bonchev–Trinajstić information content (AvgIpc) is 2.80. The summed E-state index contributed by atoms with van der Waals surface area (Å²) >= 11 is 0. The van der Waals surface area contributed by atoms with Gasteiger partial charge < -0.3 is 10.1 Å². The molecule has 3 nitrogen and oxygen atoms in total. The zero-order valence-electron chi connectivity index (χ0n) is 20.7. The van der Waals surface area contributed by atoms with Crippen LogP contribution in [-0.4, -0.2) is 12.5 Å². The van der Waals surface area contributed by atoms with Gasteiger partial charge in [-0.25, -0.2) is 0 Å². The molecule has 0 bridgehead atoms. The highest BCUT2D eigenvalue weighted by molar-refractivity contribution is 5.94. The Morgan fingerprint density at radius 2 is 1.58 bits per heavy atom. The van der Waals surface area contributed by atoms with Gasteiger partial charge in [0, 0.05) is 12.1 Å². The molecule has 0 aromatic heterocycles. The van der Waals surface area contributed by atoms with Crippen LogP contribution in [0, 0.1) is 0 Å². The lowest BCUT2D eigenvalue weighted by Gasteiger charge is -2.19. The van der Waals surface area contributed by atoms with E-state index in [0.717, 1.165) is 24.2 Å². The van der Waals surface area contributed by atoms with Gasteiger partial charge in [0.15, 0.2) is 0 Å². The third kappa shape index (κ3) is 7.49. The van der Waals surface area contributed by atoms with Gasteiger partial charge in [0.05, 0.1) is 6.61 Å². The first-order valence-electron chi connectivity index (χ1n) is 11.9. The molecule has 1 amide bonds. The molecule has 3 heteroatoms. The summed E-state index contributed by atoms with van der Waals surface area (Å²) in [6.45, 7) is 12.2. The predicted octanol–water partition coefficient (Wildman–Crippen LogP) is 7.05. The predicted molar refractivity (Wildman–Crippen MR) is 137 cm³/mol. The molecule has 0 saturated heterocycles. The van der Waals surface area contributed by atoms with Gasteiger partial charge in [-0.1, -0.05) is 83.1 Å². The summed E-state index contributed by atoms with van der Waals surface area (Å²) in [4.78, 5) is 12.5. The molecule has 0 heterocycles. The SMILES string of the molecule is CC(C)c1ccc(C(=O)NCc2cccc(CCCOc3ccc(C(C)(C)C)cc3)c2)cc1. The number of hydrogen-bond donors (Lipinski definition) is 1. The van der Waals surface area contributed by atoms with Crippen LogP contribution >= 0.6 is 0 Å². The van der Waals surface area contributed by atoms with Crippen LogP contribution in [0.3, 0.4) is 0 Å². The van der Waals surface area contributed by atoms with Gasteiger partial charge >= 0.3 is 0 Å². The number of carbonyl (C=O) groups excluding carboxylic acids is 1. The molecule has 0 aliphatic heterocycles. The van der Waals surface area contributed by atoms with Gasteiger partial charge in [-0.05, 0) is 70.7 Å². The first-order chi connectivity index (χ1) is 15.7. The number of ether oxygens (including phenoxy) is 1. The molecule has 0 atom stereocenters. The normalized spacial score (nSPS) is 11.5. The van der Waals surface area contributed by atoms with Crippen molar-refractivity contribution in [1.29, 1.82) is 0 Å². The van der Waals surface area contributed by atoms with Crippen LogP contribution in [0.5, 0.6) is 5.75 Å². The van der Waals surface area contributed by atoms with Crippen LogP contribution in [0.25, 0.3) is 0 Å². The Labute approximate surface area is 199 Å². The zero-order chi connectivity index (χ0) is 23.8. The maximum Gasteiger partial charge on any atom is 0.251 e. The van der Waals surface area contributed by atoms with Gasteiger partial charge in [0.1, 0.15) is 5.75 Å². The molecule has 3 aromatic rings. The van der Waals surface area contributed by atoms with Crippen molar-refractivity contribution in [1.82, 2.24) is 5.32 Å². The largest absolute Gasteiger partial charge is 0.494 e.